The number of anilines is 1. The lowest BCUT2D eigenvalue weighted by Crippen LogP contribution is -2.21. The summed E-state index contributed by atoms with van der Waals surface area (Å²) in [4.78, 5) is 21.5. The van der Waals surface area contributed by atoms with E-state index in [1.807, 2.05) is 5.32 Å². The van der Waals surface area contributed by atoms with Crippen molar-refractivity contribution in [3.05, 3.63) is 17.0 Å². The second-order valence-corrected chi connectivity index (χ2v) is 3.72. The van der Waals surface area contributed by atoms with Gasteiger partial charge in [0, 0.05) is 0 Å². The fraction of sp³-hybridized carbons (Fsp3) is 0.250. The maximum absolute atomic E-state index is 11.8. The minimum atomic E-state index is -4.61. The topological polar surface area (TPSA) is 66.4 Å². The van der Waals surface area contributed by atoms with Crippen molar-refractivity contribution in [1.29, 1.82) is 0 Å². The number of aromatic carboxylic acids is 1. The summed E-state index contributed by atoms with van der Waals surface area (Å²) in [7, 11) is 0. The largest absolute Gasteiger partial charge is 0.478 e. The number of hydrogen-bond donors (Lipinski definition) is 2. The zero-order valence-electron chi connectivity index (χ0n) is 7.67. The Labute approximate surface area is 91.7 Å². The van der Waals surface area contributed by atoms with E-state index in [-0.39, 0.29) is 10.6 Å². The van der Waals surface area contributed by atoms with Crippen molar-refractivity contribution in [2.45, 2.75) is 12.6 Å². The van der Waals surface area contributed by atoms with Gasteiger partial charge >= 0.3 is 12.1 Å². The number of nitrogens with one attached hydrogen (secondary N) is 1. The van der Waals surface area contributed by atoms with Crippen LogP contribution in [0.15, 0.2) is 11.4 Å². The molecule has 2 N–H and O–H groups in total. The van der Waals surface area contributed by atoms with Crippen LogP contribution in [0, 0.1) is 0 Å². The average molecular weight is 253 g/mol. The van der Waals surface area contributed by atoms with E-state index in [9.17, 15) is 22.8 Å². The average Bonchev–Trinajstić information content (AvgIpc) is 2.47. The molecule has 16 heavy (non-hydrogen) atoms. The van der Waals surface area contributed by atoms with Gasteiger partial charge in [-0.05, 0) is 11.4 Å². The van der Waals surface area contributed by atoms with E-state index in [4.69, 9.17) is 5.11 Å². The lowest BCUT2D eigenvalue weighted by molar-refractivity contribution is -0.150. The Morgan fingerprint density at radius 2 is 2.06 bits per heavy atom. The lowest BCUT2D eigenvalue weighted by Gasteiger charge is -2.06. The predicted molar refractivity (Wildman–Crippen MR) is 50.6 cm³/mol. The molecule has 0 spiro atoms. The standard InChI is InChI=1S/C8H6F3NO3S/c9-8(10,11)3-5(13)12-6-4(7(14)15)1-2-16-6/h1-2H,3H2,(H,12,13)(H,14,15). The van der Waals surface area contributed by atoms with Gasteiger partial charge in [-0.2, -0.15) is 13.2 Å². The van der Waals surface area contributed by atoms with E-state index in [1.54, 1.807) is 0 Å². The summed E-state index contributed by atoms with van der Waals surface area (Å²) in [6.07, 6.45) is -6.24. The molecule has 4 nitrogen and oxygen atoms in total. The third-order valence-corrected chi connectivity index (χ3v) is 2.34. The van der Waals surface area contributed by atoms with Crippen LogP contribution in [0.3, 0.4) is 0 Å². The smallest absolute Gasteiger partial charge is 0.397 e. The highest BCUT2D eigenvalue weighted by Crippen LogP contribution is 2.25. The van der Waals surface area contributed by atoms with Crippen LogP contribution in [0.5, 0.6) is 0 Å². The monoisotopic (exact) mass is 253 g/mol. The number of carbonyl (C=O) groups is 2. The second-order valence-electron chi connectivity index (χ2n) is 2.81. The normalized spacial score (nSPS) is 11.2. The third-order valence-electron chi connectivity index (χ3n) is 1.51. The van der Waals surface area contributed by atoms with E-state index in [2.05, 4.69) is 0 Å². The van der Waals surface area contributed by atoms with Crippen LogP contribution >= 0.6 is 11.3 Å². The van der Waals surface area contributed by atoms with Gasteiger partial charge < -0.3 is 10.4 Å². The Kier molecular flexibility index (Phi) is 3.53. The van der Waals surface area contributed by atoms with Crippen LogP contribution in [-0.4, -0.2) is 23.2 Å². The number of amides is 1. The first-order valence-electron chi connectivity index (χ1n) is 3.97. The van der Waals surface area contributed by atoms with Gasteiger partial charge in [-0.3, -0.25) is 4.79 Å². The first-order chi connectivity index (χ1) is 7.29. The quantitative estimate of drug-likeness (QED) is 0.868. The zero-order chi connectivity index (χ0) is 12.3. The maximum Gasteiger partial charge on any atom is 0.397 e. The highest BCUT2D eigenvalue weighted by molar-refractivity contribution is 7.14. The first kappa shape index (κ1) is 12.5. The molecule has 0 bridgehead atoms. The van der Waals surface area contributed by atoms with Gasteiger partial charge in [-0.25, -0.2) is 4.79 Å². The van der Waals surface area contributed by atoms with Crippen LogP contribution in [0.2, 0.25) is 0 Å². The summed E-state index contributed by atoms with van der Waals surface area (Å²) in [6.45, 7) is 0. The Morgan fingerprint density at radius 3 is 2.56 bits per heavy atom. The number of halogens is 3. The summed E-state index contributed by atoms with van der Waals surface area (Å²) in [6, 6.07) is 1.20. The molecule has 0 aliphatic carbocycles. The summed E-state index contributed by atoms with van der Waals surface area (Å²) in [5, 5.41) is 11.8. The van der Waals surface area contributed by atoms with Crippen molar-refractivity contribution >= 4 is 28.2 Å². The molecule has 0 radical (unpaired) electrons. The summed E-state index contributed by atoms with van der Waals surface area (Å²) in [5.41, 5.74) is -0.222. The number of hydrogen-bond acceptors (Lipinski definition) is 3. The van der Waals surface area contributed by atoms with E-state index < -0.39 is 24.5 Å². The summed E-state index contributed by atoms with van der Waals surface area (Å²) >= 11 is 0.852. The molecule has 0 aromatic carbocycles. The molecule has 8 heteroatoms. The number of carboxylic acid groups (broad SMARTS) is 1. The number of alkyl halides is 3. The van der Waals surface area contributed by atoms with Crippen molar-refractivity contribution in [3.8, 4) is 0 Å². The fourth-order valence-electron chi connectivity index (χ4n) is 0.927. The zero-order valence-corrected chi connectivity index (χ0v) is 8.48. The van der Waals surface area contributed by atoms with Gasteiger partial charge in [0.1, 0.15) is 11.4 Å². The molecular weight excluding hydrogens is 247 g/mol. The van der Waals surface area contributed by atoms with Gasteiger partial charge in [-0.15, -0.1) is 11.3 Å². The molecule has 0 saturated carbocycles. The number of carboxylic acids is 1. The molecule has 1 heterocycles. The fourth-order valence-corrected chi connectivity index (χ4v) is 1.72. The van der Waals surface area contributed by atoms with Gasteiger partial charge in [0.05, 0.1) is 5.56 Å². The van der Waals surface area contributed by atoms with Gasteiger partial charge in [-0.1, -0.05) is 0 Å². The van der Waals surface area contributed by atoms with Crippen LogP contribution in [0.4, 0.5) is 18.2 Å². The van der Waals surface area contributed by atoms with Gasteiger partial charge in [0.25, 0.3) is 0 Å². The van der Waals surface area contributed by atoms with E-state index in [0.717, 1.165) is 11.3 Å². The van der Waals surface area contributed by atoms with Crippen LogP contribution in [0.1, 0.15) is 16.8 Å². The molecule has 0 aliphatic heterocycles. The van der Waals surface area contributed by atoms with Crippen LogP contribution in [-0.2, 0) is 4.79 Å². The van der Waals surface area contributed by atoms with E-state index in [1.165, 1.54) is 11.4 Å². The van der Waals surface area contributed by atoms with Crippen molar-refractivity contribution in [3.63, 3.8) is 0 Å². The predicted octanol–water partition coefficient (Wildman–Crippen LogP) is 2.34. The molecule has 1 amide bonds. The molecule has 0 fully saturated rings. The molecule has 1 aromatic rings. The summed E-state index contributed by atoms with van der Waals surface area (Å²) in [5.74, 6) is -2.58. The maximum atomic E-state index is 11.8. The van der Waals surface area contributed by atoms with Crippen molar-refractivity contribution in [2.24, 2.45) is 0 Å². The van der Waals surface area contributed by atoms with Crippen molar-refractivity contribution < 1.29 is 27.9 Å². The van der Waals surface area contributed by atoms with Crippen LogP contribution < -0.4 is 5.32 Å². The molecule has 0 saturated heterocycles. The Balaban J connectivity index is 2.70. The molecule has 0 unspecified atom stereocenters. The SMILES string of the molecule is O=C(CC(F)(F)F)Nc1sccc1C(=O)O. The highest BCUT2D eigenvalue weighted by Gasteiger charge is 2.31. The van der Waals surface area contributed by atoms with Gasteiger partial charge in [0.15, 0.2) is 0 Å². The van der Waals surface area contributed by atoms with Crippen molar-refractivity contribution in [2.75, 3.05) is 5.32 Å². The molecular formula is C8H6F3NO3S. The van der Waals surface area contributed by atoms with Gasteiger partial charge in [0.2, 0.25) is 5.91 Å². The third kappa shape index (κ3) is 3.54. The molecule has 1 aromatic heterocycles. The highest BCUT2D eigenvalue weighted by atomic mass is 32.1. The molecule has 0 aliphatic rings. The number of rotatable bonds is 3. The summed E-state index contributed by atoms with van der Waals surface area (Å²) < 4.78 is 35.5. The molecule has 88 valence electrons. The van der Waals surface area contributed by atoms with Crippen molar-refractivity contribution in [1.82, 2.24) is 0 Å². The molecule has 0 atom stereocenters. The Bertz CT molecular complexity index is 413. The lowest BCUT2D eigenvalue weighted by atomic mass is 10.3. The Hall–Kier alpha value is -1.57. The van der Waals surface area contributed by atoms with Crippen LogP contribution in [0.25, 0.3) is 0 Å². The number of thiophene rings is 1. The van der Waals surface area contributed by atoms with E-state index >= 15 is 0 Å². The minimum absolute atomic E-state index is 0.0956. The Morgan fingerprint density at radius 1 is 1.44 bits per heavy atom. The van der Waals surface area contributed by atoms with E-state index in [0.29, 0.717) is 0 Å². The second kappa shape index (κ2) is 4.52. The number of carbonyl (C=O) groups excluding carboxylic acids is 1. The molecule has 1 rings (SSSR count). The first-order valence-corrected chi connectivity index (χ1v) is 4.85. The minimum Gasteiger partial charge on any atom is -0.478 e.